The van der Waals surface area contributed by atoms with Crippen molar-refractivity contribution in [2.75, 3.05) is 4.90 Å². The van der Waals surface area contributed by atoms with Crippen LogP contribution < -0.4 is 14.4 Å². The van der Waals surface area contributed by atoms with E-state index in [0.717, 1.165) is 10.5 Å². The highest BCUT2D eigenvalue weighted by Crippen LogP contribution is 2.32. The van der Waals surface area contributed by atoms with Crippen molar-refractivity contribution in [3.63, 3.8) is 0 Å². The first-order valence-corrected chi connectivity index (χ1v) is 13.8. The van der Waals surface area contributed by atoms with Gasteiger partial charge in [0, 0.05) is 32.2 Å². The SMILES string of the molecule is Cc1ccc2c(c1)C(=O)N(c1cc3cc(c1)C(=O)c1ccc(cc1)O[CH]([Al])[CH]([Al])Oc1ccc(cc1)C3=O)C2=O. The summed E-state index contributed by atoms with van der Waals surface area (Å²) < 4.78 is 11.9. The van der Waals surface area contributed by atoms with Gasteiger partial charge in [0.2, 0.25) is 0 Å². The molecule has 2 unspecified atom stereocenters. The smallest absolute Gasteiger partial charge is 0.266 e. The summed E-state index contributed by atoms with van der Waals surface area (Å²) in [6, 6.07) is 22.7. The van der Waals surface area contributed by atoms with E-state index in [9.17, 15) is 19.2 Å². The number of nitrogens with zero attached hydrogens (tertiary/aromatic N) is 1. The third kappa shape index (κ3) is 4.68. The van der Waals surface area contributed by atoms with Gasteiger partial charge in [0.25, 0.3) is 11.8 Å². The molecular weight excluding hydrogens is 536 g/mol. The lowest BCUT2D eigenvalue weighted by molar-refractivity contribution is 0.0922. The van der Waals surface area contributed by atoms with Crippen LogP contribution in [0.1, 0.15) is 58.1 Å². The zero-order valence-corrected chi connectivity index (χ0v) is 23.6. The summed E-state index contributed by atoms with van der Waals surface area (Å²) in [5.74, 6) is -0.680. The Hall–Kier alpha value is -3.98. The van der Waals surface area contributed by atoms with Crippen LogP contribution in [-0.4, -0.2) is 65.9 Å². The molecule has 0 saturated heterocycles. The quantitative estimate of drug-likeness (QED) is 0.261. The second kappa shape index (κ2) is 10.2. The molecule has 4 aromatic carbocycles. The minimum atomic E-state index is -0.511. The Morgan fingerprint density at radius 3 is 1.55 bits per heavy atom. The van der Waals surface area contributed by atoms with Crippen LogP contribution in [0, 0.1) is 6.92 Å². The number of benzene rings is 4. The highest BCUT2D eigenvalue weighted by Gasteiger charge is 2.37. The van der Waals surface area contributed by atoms with Crippen molar-refractivity contribution in [1.29, 1.82) is 0 Å². The standard InChI is InChI=1S/C31H19NO6.2Al/c1-18-2-11-26-27(14-18)31(36)32(30(26)35)23-16-21-15-22(17-23)29(34)20-5-9-25(10-6-20)38-13-12-37-24-7-3-19(4-8-24)28(21)33;;/h2-17H,1H3;;. The minimum Gasteiger partial charge on any atom is -0.506 e. The predicted octanol–water partition coefficient (Wildman–Crippen LogP) is 4.02. The van der Waals surface area contributed by atoms with Crippen molar-refractivity contribution in [2.24, 2.45) is 0 Å². The first kappa shape index (κ1) is 26.3. The summed E-state index contributed by atoms with van der Waals surface area (Å²) in [6.45, 7) is 1.84. The lowest BCUT2D eigenvalue weighted by Gasteiger charge is -2.25. The first-order valence-electron chi connectivity index (χ1n) is 12.5. The van der Waals surface area contributed by atoms with Gasteiger partial charge in [0.1, 0.15) is 11.5 Å². The van der Waals surface area contributed by atoms with Crippen LogP contribution in [0.2, 0.25) is 0 Å². The number of anilines is 1. The molecule has 0 aliphatic carbocycles. The molecule has 9 rings (SSSR count). The maximum atomic E-state index is 13.6. The first-order chi connectivity index (χ1) is 19.2. The largest absolute Gasteiger partial charge is 0.506 e. The minimum absolute atomic E-state index is 0.146. The summed E-state index contributed by atoms with van der Waals surface area (Å²) >= 11 is 5.17. The fourth-order valence-corrected chi connectivity index (χ4v) is 5.21. The molecule has 0 aromatic heterocycles. The Labute approximate surface area is 246 Å². The third-order valence-electron chi connectivity index (χ3n) is 6.84. The molecule has 9 heteroatoms. The Morgan fingerprint density at radius 1 is 0.575 bits per heavy atom. The topological polar surface area (TPSA) is 90.0 Å². The van der Waals surface area contributed by atoms with Crippen molar-refractivity contribution < 1.29 is 28.7 Å². The van der Waals surface area contributed by atoms with Gasteiger partial charge in [0.15, 0.2) is 44.1 Å². The lowest BCUT2D eigenvalue weighted by Crippen LogP contribution is -2.37. The number of hydrogen-bond donors (Lipinski definition) is 0. The summed E-state index contributed by atoms with van der Waals surface area (Å²) in [7, 11) is 0. The summed E-state index contributed by atoms with van der Waals surface area (Å²) in [6.07, 6.45) is 0. The van der Waals surface area contributed by atoms with Crippen LogP contribution in [-0.2, 0) is 0 Å². The molecule has 2 atom stereocenters. The monoisotopic (exact) mass is 555 g/mol. The van der Waals surface area contributed by atoms with Gasteiger partial charge in [-0.15, -0.1) is 0 Å². The van der Waals surface area contributed by atoms with E-state index in [1.807, 2.05) is 6.92 Å². The Kier molecular flexibility index (Phi) is 6.70. The number of ether oxygens (including phenoxy) is 2. The van der Waals surface area contributed by atoms with Crippen molar-refractivity contribution in [3.05, 3.63) is 124 Å². The van der Waals surface area contributed by atoms with Gasteiger partial charge in [-0.05, 0) is 85.8 Å². The van der Waals surface area contributed by atoms with E-state index >= 15 is 0 Å². The fourth-order valence-electron chi connectivity index (χ4n) is 4.74. The van der Waals surface area contributed by atoms with E-state index in [0.29, 0.717) is 22.6 Å². The van der Waals surface area contributed by atoms with Gasteiger partial charge < -0.3 is 9.47 Å². The lowest BCUT2D eigenvalue weighted by atomic mass is 9.96. The zero-order chi connectivity index (χ0) is 28.1. The normalized spacial score (nSPS) is 18.4. The Bertz CT molecular complexity index is 1630. The second-order valence-corrected chi connectivity index (χ2v) is 10.9. The number of hydrogen-bond acceptors (Lipinski definition) is 6. The number of carbonyl (C=O) groups is 4. The molecule has 4 radical (unpaired) electrons. The number of ketones is 2. The number of rotatable bonds is 1. The molecule has 2 amide bonds. The van der Waals surface area contributed by atoms with E-state index in [4.69, 9.17) is 9.47 Å². The molecule has 5 heterocycles. The van der Waals surface area contributed by atoms with Crippen LogP contribution in [0.5, 0.6) is 11.5 Å². The van der Waals surface area contributed by atoms with Gasteiger partial charge in [-0.25, -0.2) is 4.90 Å². The van der Waals surface area contributed by atoms with Crippen molar-refractivity contribution in [1.82, 2.24) is 0 Å². The molecule has 7 nitrogen and oxygen atoms in total. The van der Waals surface area contributed by atoms with Gasteiger partial charge in [-0.1, -0.05) is 11.6 Å². The van der Waals surface area contributed by atoms with E-state index in [-0.39, 0.29) is 39.5 Å². The second-order valence-electron chi connectivity index (χ2n) is 9.64. The van der Waals surface area contributed by atoms with Crippen LogP contribution in [0.3, 0.4) is 0 Å². The molecule has 5 aliphatic rings. The zero-order valence-electron chi connectivity index (χ0n) is 21.3. The van der Waals surface area contributed by atoms with Gasteiger partial charge in [-0.3, -0.25) is 19.2 Å². The maximum Gasteiger partial charge on any atom is 0.266 e. The van der Waals surface area contributed by atoms with Gasteiger partial charge in [-0.2, -0.15) is 0 Å². The molecule has 0 saturated carbocycles. The van der Waals surface area contributed by atoms with Crippen molar-refractivity contribution in [2.45, 2.75) is 16.9 Å². The fraction of sp³-hybridized carbons (Fsp3) is 0.0968. The van der Waals surface area contributed by atoms with E-state index in [1.54, 1.807) is 66.7 Å². The number of carbonyl (C=O) groups excluding carboxylic acids is 4. The molecular formula is C31H19Al2NO6. The molecule has 190 valence electrons. The van der Waals surface area contributed by atoms with Crippen molar-refractivity contribution >= 4 is 61.6 Å². The average molecular weight is 555 g/mol. The Balaban J connectivity index is 1.50. The average Bonchev–Trinajstić information content (AvgIpc) is 3.20. The summed E-state index contributed by atoms with van der Waals surface area (Å²) in [5.41, 5.74) is 2.59. The van der Waals surface area contributed by atoms with Gasteiger partial charge >= 0.3 is 0 Å². The molecule has 40 heavy (non-hydrogen) atoms. The van der Waals surface area contributed by atoms with E-state index < -0.39 is 21.7 Å². The highest BCUT2D eigenvalue weighted by molar-refractivity contribution is 6.35. The number of aryl methyl sites for hydroxylation is 1. The van der Waals surface area contributed by atoms with Crippen LogP contribution in [0.25, 0.3) is 0 Å². The van der Waals surface area contributed by atoms with Crippen LogP contribution >= 0.6 is 0 Å². The van der Waals surface area contributed by atoms with Gasteiger partial charge in [0.05, 0.1) is 16.8 Å². The Morgan fingerprint density at radius 2 is 1.05 bits per heavy atom. The predicted molar refractivity (Wildman–Crippen MR) is 149 cm³/mol. The highest BCUT2D eigenvalue weighted by atomic mass is 27.1. The molecule has 0 fully saturated rings. The molecule has 6 bridgehead atoms. The van der Waals surface area contributed by atoms with Crippen LogP contribution in [0.4, 0.5) is 5.69 Å². The third-order valence-corrected chi connectivity index (χ3v) is 8.32. The maximum absolute atomic E-state index is 13.6. The molecule has 0 N–H and O–H groups in total. The number of fused-ring (bicyclic) bond motifs is 1. The van der Waals surface area contributed by atoms with E-state index in [2.05, 4.69) is 32.6 Å². The van der Waals surface area contributed by atoms with E-state index in [1.165, 1.54) is 18.2 Å². The molecule has 4 aromatic rings. The molecule has 0 spiro atoms. The molecule has 5 aliphatic heterocycles. The number of amides is 2. The summed E-state index contributed by atoms with van der Waals surface area (Å²) in [4.78, 5) is 54.2. The van der Waals surface area contributed by atoms with Crippen LogP contribution in [0.15, 0.2) is 84.9 Å². The summed E-state index contributed by atoms with van der Waals surface area (Å²) in [5, 5.41) is 0. The van der Waals surface area contributed by atoms with Crippen molar-refractivity contribution in [3.8, 4) is 11.5 Å². The number of imide groups is 1.